The molecule has 18 heavy (non-hydrogen) atoms. The summed E-state index contributed by atoms with van der Waals surface area (Å²) in [4.78, 5) is 7.48. The molecule has 2 N–H and O–H groups in total. The summed E-state index contributed by atoms with van der Waals surface area (Å²) in [5, 5.41) is 2.94. The molecule has 0 bridgehead atoms. The molecular formula is C14H12FN3. The molecule has 2 aromatic carbocycles. The Morgan fingerprint density at radius 2 is 2.00 bits per heavy atom. The van der Waals surface area contributed by atoms with Crippen LogP contribution >= 0.6 is 0 Å². The van der Waals surface area contributed by atoms with Crippen LogP contribution in [0.3, 0.4) is 0 Å². The van der Waals surface area contributed by atoms with Gasteiger partial charge < -0.3 is 10.3 Å². The van der Waals surface area contributed by atoms with Crippen molar-refractivity contribution in [2.75, 3.05) is 5.32 Å². The number of imidazole rings is 1. The number of hydrogen-bond acceptors (Lipinski definition) is 2. The summed E-state index contributed by atoms with van der Waals surface area (Å²) in [6.45, 7) is 2.02. The van der Waals surface area contributed by atoms with E-state index in [4.69, 9.17) is 0 Å². The van der Waals surface area contributed by atoms with Crippen molar-refractivity contribution in [1.29, 1.82) is 0 Å². The van der Waals surface area contributed by atoms with Crippen LogP contribution in [0.2, 0.25) is 0 Å². The normalized spacial score (nSPS) is 10.8. The van der Waals surface area contributed by atoms with Crippen LogP contribution in [0.25, 0.3) is 11.0 Å². The lowest BCUT2D eigenvalue weighted by Gasteiger charge is -2.02. The molecule has 0 radical (unpaired) electrons. The number of aromatic nitrogens is 2. The van der Waals surface area contributed by atoms with Gasteiger partial charge in [0.15, 0.2) is 0 Å². The van der Waals surface area contributed by atoms with Crippen molar-refractivity contribution < 1.29 is 4.39 Å². The zero-order chi connectivity index (χ0) is 12.5. The Hall–Kier alpha value is -2.36. The minimum atomic E-state index is -0.297. The van der Waals surface area contributed by atoms with Gasteiger partial charge in [0, 0.05) is 0 Å². The van der Waals surface area contributed by atoms with Gasteiger partial charge in [0.1, 0.15) is 5.82 Å². The highest BCUT2D eigenvalue weighted by Gasteiger charge is 2.05. The lowest BCUT2D eigenvalue weighted by molar-refractivity contribution is 0.631. The van der Waals surface area contributed by atoms with E-state index in [1.165, 1.54) is 6.07 Å². The molecule has 1 heterocycles. The number of para-hydroxylation sites is 1. The Morgan fingerprint density at radius 3 is 2.83 bits per heavy atom. The predicted molar refractivity (Wildman–Crippen MR) is 70.5 cm³/mol. The Bertz CT molecular complexity index is 703. The van der Waals surface area contributed by atoms with E-state index < -0.39 is 0 Å². The second-order valence-electron chi connectivity index (χ2n) is 4.21. The largest absolute Gasteiger partial charge is 0.324 e. The molecule has 0 saturated carbocycles. The Labute approximate surface area is 104 Å². The first-order valence-corrected chi connectivity index (χ1v) is 5.70. The number of nitrogens with zero attached hydrogens (tertiary/aromatic N) is 1. The van der Waals surface area contributed by atoms with Crippen molar-refractivity contribution in [2.24, 2.45) is 0 Å². The number of rotatable bonds is 2. The van der Waals surface area contributed by atoms with E-state index in [1.807, 2.05) is 25.1 Å². The highest BCUT2D eigenvalue weighted by Crippen LogP contribution is 2.20. The van der Waals surface area contributed by atoms with Crippen molar-refractivity contribution in [3.05, 3.63) is 53.8 Å². The minimum absolute atomic E-state index is 0.297. The number of halogens is 1. The molecular weight excluding hydrogens is 229 g/mol. The van der Waals surface area contributed by atoms with Gasteiger partial charge in [0.05, 0.1) is 16.7 Å². The van der Waals surface area contributed by atoms with Crippen molar-refractivity contribution in [3.8, 4) is 0 Å². The van der Waals surface area contributed by atoms with Crippen LogP contribution in [0.5, 0.6) is 0 Å². The fourth-order valence-corrected chi connectivity index (χ4v) is 1.87. The summed E-state index contributed by atoms with van der Waals surface area (Å²) in [5.41, 5.74) is 3.37. The van der Waals surface area contributed by atoms with Gasteiger partial charge in [-0.15, -0.1) is 0 Å². The molecule has 0 unspecified atom stereocenters. The van der Waals surface area contributed by atoms with Crippen molar-refractivity contribution in [2.45, 2.75) is 6.92 Å². The second-order valence-corrected chi connectivity index (χ2v) is 4.21. The standard InChI is InChI=1S/C14H12FN3/c1-9-6-7-12-13(8-9)18-14(17-12)16-11-5-3-2-4-10(11)15/h2-8H,1H3,(H2,16,17,18). The molecule has 0 spiro atoms. The quantitative estimate of drug-likeness (QED) is 0.717. The first-order valence-electron chi connectivity index (χ1n) is 5.70. The molecule has 0 fully saturated rings. The van der Waals surface area contributed by atoms with Crippen LogP contribution in [0.4, 0.5) is 16.0 Å². The van der Waals surface area contributed by atoms with E-state index in [1.54, 1.807) is 18.2 Å². The number of benzene rings is 2. The number of aromatic amines is 1. The van der Waals surface area contributed by atoms with Crippen molar-refractivity contribution in [1.82, 2.24) is 9.97 Å². The lowest BCUT2D eigenvalue weighted by atomic mass is 10.2. The van der Waals surface area contributed by atoms with E-state index in [-0.39, 0.29) is 5.82 Å². The van der Waals surface area contributed by atoms with Crippen LogP contribution < -0.4 is 5.32 Å². The SMILES string of the molecule is Cc1ccc2nc(Nc3ccccc3F)[nH]c2c1. The fourth-order valence-electron chi connectivity index (χ4n) is 1.87. The molecule has 1 aromatic heterocycles. The summed E-state index contributed by atoms with van der Waals surface area (Å²) in [6.07, 6.45) is 0. The first-order chi connectivity index (χ1) is 8.72. The Balaban J connectivity index is 1.98. The summed E-state index contributed by atoms with van der Waals surface area (Å²) in [6, 6.07) is 12.5. The van der Waals surface area contributed by atoms with Crippen molar-refractivity contribution >= 4 is 22.7 Å². The summed E-state index contributed by atoms with van der Waals surface area (Å²) >= 11 is 0. The molecule has 0 aliphatic rings. The zero-order valence-corrected chi connectivity index (χ0v) is 9.87. The molecule has 0 aliphatic heterocycles. The minimum Gasteiger partial charge on any atom is -0.324 e. The van der Waals surface area contributed by atoms with Crippen LogP contribution in [-0.2, 0) is 0 Å². The fraction of sp³-hybridized carbons (Fsp3) is 0.0714. The highest BCUT2D eigenvalue weighted by molar-refractivity contribution is 5.79. The third-order valence-electron chi connectivity index (χ3n) is 2.76. The molecule has 0 atom stereocenters. The van der Waals surface area contributed by atoms with Gasteiger partial charge in [-0.25, -0.2) is 9.37 Å². The molecule has 3 rings (SSSR count). The number of nitrogens with one attached hydrogen (secondary N) is 2. The summed E-state index contributed by atoms with van der Waals surface area (Å²) < 4.78 is 13.5. The topological polar surface area (TPSA) is 40.7 Å². The Kier molecular flexibility index (Phi) is 2.48. The smallest absolute Gasteiger partial charge is 0.205 e. The van der Waals surface area contributed by atoms with E-state index in [0.717, 1.165) is 16.6 Å². The Morgan fingerprint density at radius 1 is 1.17 bits per heavy atom. The van der Waals surface area contributed by atoms with Gasteiger partial charge in [-0.2, -0.15) is 0 Å². The first kappa shape index (κ1) is 10.8. The molecule has 0 saturated heterocycles. The van der Waals surface area contributed by atoms with Crippen LogP contribution in [0.1, 0.15) is 5.56 Å². The van der Waals surface area contributed by atoms with Gasteiger partial charge in [-0.05, 0) is 36.8 Å². The molecule has 90 valence electrons. The van der Waals surface area contributed by atoms with Crippen molar-refractivity contribution in [3.63, 3.8) is 0 Å². The van der Waals surface area contributed by atoms with Crippen LogP contribution in [0.15, 0.2) is 42.5 Å². The number of aryl methyl sites for hydroxylation is 1. The third-order valence-corrected chi connectivity index (χ3v) is 2.76. The second kappa shape index (κ2) is 4.14. The van der Waals surface area contributed by atoms with Crippen LogP contribution in [-0.4, -0.2) is 9.97 Å². The predicted octanol–water partition coefficient (Wildman–Crippen LogP) is 3.75. The summed E-state index contributed by atoms with van der Waals surface area (Å²) in [7, 11) is 0. The number of fused-ring (bicyclic) bond motifs is 1. The molecule has 3 nitrogen and oxygen atoms in total. The zero-order valence-electron chi connectivity index (χ0n) is 9.87. The monoisotopic (exact) mass is 241 g/mol. The van der Waals surface area contributed by atoms with Crippen LogP contribution in [0, 0.1) is 12.7 Å². The van der Waals surface area contributed by atoms with E-state index in [0.29, 0.717) is 11.6 Å². The van der Waals surface area contributed by atoms with Gasteiger partial charge >= 0.3 is 0 Å². The van der Waals surface area contributed by atoms with Gasteiger partial charge in [-0.3, -0.25) is 0 Å². The summed E-state index contributed by atoms with van der Waals surface area (Å²) in [5.74, 6) is 0.245. The van der Waals surface area contributed by atoms with Gasteiger partial charge in [-0.1, -0.05) is 18.2 Å². The molecule has 4 heteroatoms. The molecule has 3 aromatic rings. The number of anilines is 2. The average Bonchev–Trinajstić information content (AvgIpc) is 2.73. The molecule has 0 aliphatic carbocycles. The highest BCUT2D eigenvalue weighted by atomic mass is 19.1. The maximum absolute atomic E-state index is 13.5. The lowest BCUT2D eigenvalue weighted by Crippen LogP contribution is -1.94. The van der Waals surface area contributed by atoms with E-state index in [2.05, 4.69) is 15.3 Å². The molecule has 0 amide bonds. The van der Waals surface area contributed by atoms with E-state index in [9.17, 15) is 4.39 Å². The van der Waals surface area contributed by atoms with E-state index >= 15 is 0 Å². The third kappa shape index (κ3) is 1.93. The number of hydrogen-bond donors (Lipinski definition) is 2. The van der Waals surface area contributed by atoms with Gasteiger partial charge in [0.2, 0.25) is 5.95 Å². The number of H-pyrrole nitrogens is 1. The average molecular weight is 241 g/mol. The maximum atomic E-state index is 13.5. The maximum Gasteiger partial charge on any atom is 0.205 e. The van der Waals surface area contributed by atoms with Gasteiger partial charge in [0.25, 0.3) is 0 Å².